The fraction of sp³-hybridized carbons (Fsp3) is 1.00. The molecule has 18 heavy (non-hydrogen) atoms. The van der Waals surface area contributed by atoms with Crippen molar-refractivity contribution in [1.29, 1.82) is 0 Å². The monoisotopic (exact) mass is 257 g/mol. The number of ether oxygens (including phenoxy) is 1. The zero-order valence-electron chi connectivity index (χ0n) is 12.6. The first kappa shape index (κ1) is 15.9. The lowest BCUT2D eigenvalue weighted by molar-refractivity contribution is -0.0572. The number of aliphatic hydroxyl groups excluding tert-OH is 1. The van der Waals surface area contributed by atoms with Gasteiger partial charge in [0.1, 0.15) is 0 Å². The molecule has 0 spiro atoms. The Morgan fingerprint density at radius 2 is 1.72 bits per heavy atom. The molecule has 0 aromatic heterocycles. The molecule has 0 bridgehead atoms. The molecular formula is C15H31NO2. The van der Waals surface area contributed by atoms with E-state index in [2.05, 4.69) is 11.9 Å². The van der Waals surface area contributed by atoms with Crippen LogP contribution in [0.4, 0.5) is 0 Å². The second kappa shape index (κ2) is 7.46. The van der Waals surface area contributed by atoms with Crippen LogP contribution in [0.5, 0.6) is 0 Å². The van der Waals surface area contributed by atoms with Crippen molar-refractivity contribution in [3.8, 4) is 0 Å². The van der Waals surface area contributed by atoms with Crippen LogP contribution in [0.15, 0.2) is 0 Å². The summed E-state index contributed by atoms with van der Waals surface area (Å²) in [7, 11) is 2.14. The Morgan fingerprint density at radius 3 is 2.22 bits per heavy atom. The topological polar surface area (TPSA) is 32.7 Å². The number of rotatable bonds is 5. The van der Waals surface area contributed by atoms with Gasteiger partial charge < -0.3 is 14.7 Å². The molecule has 108 valence electrons. The van der Waals surface area contributed by atoms with E-state index in [1.165, 1.54) is 38.5 Å². The van der Waals surface area contributed by atoms with Crippen LogP contribution >= 0.6 is 0 Å². The van der Waals surface area contributed by atoms with Gasteiger partial charge in [-0.2, -0.15) is 0 Å². The van der Waals surface area contributed by atoms with Crippen molar-refractivity contribution in [2.45, 2.75) is 77.0 Å². The van der Waals surface area contributed by atoms with Crippen molar-refractivity contribution in [3.05, 3.63) is 0 Å². The highest BCUT2D eigenvalue weighted by atomic mass is 16.5. The fourth-order valence-corrected chi connectivity index (χ4v) is 2.58. The molecular weight excluding hydrogens is 226 g/mol. The van der Waals surface area contributed by atoms with Crippen molar-refractivity contribution in [1.82, 2.24) is 4.90 Å². The van der Waals surface area contributed by atoms with Crippen LogP contribution in [-0.2, 0) is 4.74 Å². The molecule has 1 aliphatic carbocycles. The van der Waals surface area contributed by atoms with Gasteiger partial charge in [-0.15, -0.1) is 0 Å². The van der Waals surface area contributed by atoms with E-state index < -0.39 is 0 Å². The first-order valence-electron chi connectivity index (χ1n) is 7.41. The lowest BCUT2D eigenvalue weighted by atomic mass is 10.1. The molecule has 0 heterocycles. The van der Waals surface area contributed by atoms with Gasteiger partial charge in [-0.1, -0.05) is 25.7 Å². The van der Waals surface area contributed by atoms with Crippen molar-refractivity contribution >= 4 is 0 Å². The molecule has 0 aromatic carbocycles. The summed E-state index contributed by atoms with van der Waals surface area (Å²) in [5.41, 5.74) is -0.165. The third-order valence-electron chi connectivity index (χ3n) is 3.66. The summed E-state index contributed by atoms with van der Waals surface area (Å²) in [4.78, 5) is 2.32. The van der Waals surface area contributed by atoms with E-state index in [0.717, 1.165) is 6.54 Å². The Labute approximate surface area is 113 Å². The summed E-state index contributed by atoms with van der Waals surface area (Å²) in [5, 5.41) is 10.0. The first-order chi connectivity index (χ1) is 8.38. The zero-order valence-corrected chi connectivity index (χ0v) is 12.6. The maximum atomic E-state index is 10.0. The molecule has 0 aromatic rings. The Hall–Kier alpha value is -0.120. The Bertz CT molecular complexity index is 217. The van der Waals surface area contributed by atoms with E-state index in [0.29, 0.717) is 12.6 Å². The molecule has 1 N–H and O–H groups in total. The molecule has 3 nitrogen and oxygen atoms in total. The molecule has 1 unspecified atom stereocenters. The zero-order chi connectivity index (χ0) is 13.6. The molecule has 1 fully saturated rings. The molecule has 1 saturated carbocycles. The third-order valence-corrected chi connectivity index (χ3v) is 3.66. The standard InChI is InChI=1S/C15H31NO2/c1-15(2,3)18-12-14(17)11-16(4)13-9-7-5-6-8-10-13/h13-14,17H,5-12H2,1-4H3. The molecule has 1 rings (SSSR count). The van der Waals surface area contributed by atoms with E-state index in [1.54, 1.807) is 0 Å². The molecule has 1 aliphatic rings. The predicted molar refractivity (Wildman–Crippen MR) is 75.8 cm³/mol. The van der Waals surface area contributed by atoms with Gasteiger partial charge in [0.15, 0.2) is 0 Å². The number of nitrogens with zero attached hydrogens (tertiary/aromatic N) is 1. The fourth-order valence-electron chi connectivity index (χ4n) is 2.58. The minimum absolute atomic E-state index is 0.165. The van der Waals surface area contributed by atoms with Gasteiger partial charge in [0.2, 0.25) is 0 Å². The highest BCUT2D eigenvalue weighted by molar-refractivity contribution is 4.74. The average Bonchev–Trinajstić information content (AvgIpc) is 2.54. The minimum atomic E-state index is -0.377. The normalized spacial score (nSPS) is 21.0. The maximum Gasteiger partial charge on any atom is 0.0900 e. The van der Waals surface area contributed by atoms with Crippen LogP contribution in [0.1, 0.15) is 59.3 Å². The number of likely N-dealkylation sites (N-methyl/N-ethyl adjacent to an activating group) is 1. The van der Waals surface area contributed by atoms with Gasteiger partial charge >= 0.3 is 0 Å². The number of hydrogen-bond acceptors (Lipinski definition) is 3. The summed E-state index contributed by atoms with van der Waals surface area (Å²) >= 11 is 0. The summed E-state index contributed by atoms with van der Waals surface area (Å²) < 4.78 is 5.63. The molecule has 3 heteroatoms. The van der Waals surface area contributed by atoms with Gasteiger partial charge in [-0.25, -0.2) is 0 Å². The summed E-state index contributed by atoms with van der Waals surface area (Å²) in [6.45, 7) is 7.22. The van der Waals surface area contributed by atoms with E-state index in [9.17, 15) is 5.11 Å². The minimum Gasteiger partial charge on any atom is -0.389 e. The van der Waals surface area contributed by atoms with E-state index in [4.69, 9.17) is 4.74 Å². The summed E-state index contributed by atoms with van der Waals surface area (Å²) in [6, 6.07) is 0.650. The number of hydrogen-bond donors (Lipinski definition) is 1. The van der Waals surface area contributed by atoms with Crippen LogP contribution in [0.3, 0.4) is 0 Å². The summed E-state index contributed by atoms with van der Waals surface area (Å²) in [5.74, 6) is 0. The number of aliphatic hydroxyl groups is 1. The lowest BCUT2D eigenvalue weighted by Gasteiger charge is -2.30. The van der Waals surface area contributed by atoms with E-state index >= 15 is 0 Å². The Kier molecular flexibility index (Phi) is 6.61. The lowest BCUT2D eigenvalue weighted by Crippen LogP contribution is -2.40. The van der Waals surface area contributed by atoms with Crippen LogP contribution < -0.4 is 0 Å². The van der Waals surface area contributed by atoms with Crippen molar-refractivity contribution in [2.24, 2.45) is 0 Å². The Morgan fingerprint density at radius 1 is 1.17 bits per heavy atom. The van der Waals surface area contributed by atoms with Crippen LogP contribution in [0, 0.1) is 0 Å². The SMILES string of the molecule is CN(CC(O)COC(C)(C)C)C1CCCCCC1. The van der Waals surface area contributed by atoms with Crippen molar-refractivity contribution < 1.29 is 9.84 Å². The molecule has 0 saturated heterocycles. The second-order valence-corrected chi connectivity index (χ2v) is 6.66. The second-order valence-electron chi connectivity index (χ2n) is 6.66. The average molecular weight is 257 g/mol. The van der Waals surface area contributed by atoms with Crippen LogP contribution in [0.25, 0.3) is 0 Å². The highest BCUT2D eigenvalue weighted by Gasteiger charge is 2.20. The smallest absolute Gasteiger partial charge is 0.0900 e. The Balaban J connectivity index is 2.27. The van der Waals surface area contributed by atoms with E-state index in [1.807, 2.05) is 20.8 Å². The van der Waals surface area contributed by atoms with Crippen molar-refractivity contribution in [3.63, 3.8) is 0 Å². The quantitative estimate of drug-likeness (QED) is 0.769. The van der Waals surface area contributed by atoms with Gasteiger partial charge in [-0.3, -0.25) is 0 Å². The summed E-state index contributed by atoms with van der Waals surface area (Å²) in [6.07, 6.45) is 7.61. The first-order valence-corrected chi connectivity index (χ1v) is 7.41. The van der Waals surface area contributed by atoms with Crippen LogP contribution in [0.2, 0.25) is 0 Å². The third kappa shape index (κ3) is 6.72. The highest BCUT2D eigenvalue weighted by Crippen LogP contribution is 2.21. The van der Waals surface area contributed by atoms with Gasteiger partial charge in [0.25, 0.3) is 0 Å². The predicted octanol–water partition coefficient (Wildman–Crippen LogP) is 2.82. The molecule has 1 atom stereocenters. The molecule has 0 aliphatic heterocycles. The molecule has 0 amide bonds. The van der Waals surface area contributed by atoms with Gasteiger partial charge in [0.05, 0.1) is 18.3 Å². The van der Waals surface area contributed by atoms with Gasteiger partial charge in [-0.05, 0) is 40.7 Å². The van der Waals surface area contributed by atoms with E-state index in [-0.39, 0.29) is 11.7 Å². The maximum absolute atomic E-state index is 10.0. The van der Waals surface area contributed by atoms with Crippen molar-refractivity contribution in [2.75, 3.05) is 20.2 Å². The van der Waals surface area contributed by atoms with Crippen LogP contribution in [-0.4, -0.2) is 48.0 Å². The largest absolute Gasteiger partial charge is 0.389 e. The molecule has 0 radical (unpaired) electrons. The van der Waals surface area contributed by atoms with Gasteiger partial charge in [0, 0.05) is 12.6 Å².